The predicted molar refractivity (Wildman–Crippen MR) is 71.5 cm³/mol. The van der Waals surface area contributed by atoms with Crippen LogP contribution in [0.1, 0.15) is 34.8 Å². The molecule has 0 aliphatic heterocycles. The minimum atomic E-state index is -0.903. The monoisotopic (exact) mass is 279 g/mol. The number of aromatic carboxylic acids is 1. The fourth-order valence-electron chi connectivity index (χ4n) is 1.91. The maximum absolute atomic E-state index is 11.1. The summed E-state index contributed by atoms with van der Waals surface area (Å²) in [4.78, 5) is 16.6. The first kappa shape index (κ1) is 11.7. The van der Waals surface area contributed by atoms with Gasteiger partial charge in [-0.3, -0.25) is 4.98 Å². The van der Waals surface area contributed by atoms with E-state index in [1.807, 2.05) is 12.1 Å². The van der Waals surface area contributed by atoms with Gasteiger partial charge in [0.05, 0.1) is 26.2 Å². The van der Waals surface area contributed by atoms with Crippen LogP contribution in [-0.4, -0.2) is 16.1 Å². The van der Waals surface area contributed by atoms with E-state index in [2.05, 4.69) is 4.98 Å². The second-order valence-corrected chi connectivity index (χ2v) is 6.03. The Labute approximate surface area is 113 Å². The van der Waals surface area contributed by atoms with Crippen molar-refractivity contribution < 1.29 is 9.90 Å². The molecule has 2 aromatic heterocycles. The van der Waals surface area contributed by atoms with Crippen molar-refractivity contribution in [1.29, 1.82) is 0 Å². The Morgan fingerprint density at radius 1 is 1.33 bits per heavy atom. The van der Waals surface area contributed by atoms with Crippen molar-refractivity contribution >= 4 is 28.9 Å². The van der Waals surface area contributed by atoms with Crippen LogP contribution < -0.4 is 0 Å². The Bertz CT molecular complexity index is 619. The fourth-order valence-corrected chi connectivity index (χ4v) is 2.93. The van der Waals surface area contributed by atoms with Gasteiger partial charge < -0.3 is 5.11 Å². The Morgan fingerprint density at radius 3 is 2.67 bits per heavy atom. The lowest BCUT2D eigenvalue weighted by atomic mass is 10.1. The van der Waals surface area contributed by atoms with Crippen LogP contribution in [0.15, 0.2) is 24.3 Å². The molecule has 5 heteroatoms. The first-order chi connectivity index (χ1) is 8.65. The van der Waals surface area contributed by atoms with Crippen LogP contribution in [0.3, 0.4) is 0 Å². The van der Waals surface area contributed by atoms with Crippen LogP contribution in [0.5, 0.6) is 0 Å². The van der Waals surface area contributed by atoms with E-state index in [-0.39, 0.29) is 0 Å². The molecule has 1 N–H and O–H groups in total. The Hall–Kier alpha value is -1.39. The molecule has 0 bridgehead atoms. The van der Waals surface area contributed by atoms with Gasteiger partial charge in [-0.05, 0) is 37.1 Å². The minimum absolute atomic E-state index is 0.312. The summed E-state index contributed by atoms with van der Waals surface area (Å²) in [5.41, 5.74) is 1.84. The number of rotatable bonds is 3. The molecule has 92 valence electrons. The van der Waals surface area contributed by atoms with Gasteiger partial charge in [0.2, 0.25) is 0 Å². The smallest absolute Gasteiger partial charge is 0.337 e. The van der Waals surface area contributed by atoms with Gasteiger partial charge in [-0.15, -0.1) is 11.3 Å². The number of aromatic nitrogens is 1. The second kappa shape index (κ2) is 4.37. The van der Waals surface area contributed by atoms with Crippen LogP contribution in [-0.2, 0) is 0 Å². The molecule has 0 amide bonds. The summed E-state index contributed by atoms with van der Waals surface area (Å²) in [5.74, 6) is -0.591. The average molecular weight is 280 g/mol. The SMILES string of the molecule is O=C(O)c1ccc(-c2ccc(Cl)s2)nc1C1CC1. The zero-order chi connectivity index (χ0) is 12.7. The van der Waals surface area contributed by atoms with Crippen LogP contribution >= 0.6 is 22.9 Å². The predicted octanol–water partition coefficient (Wildman–Crippen LogP) is 4.04. The van der Waals surface area contributed by atoms with Crippen LogP contribution in [0.4, 0.5) is 0 Å². The molecule has 18 heavy (non-hydrogen) atoms. The van der Waals surface area contributed by atoms with E-state index >= 15 is 0 Å². The lowest BCUT2D eigenvalue weighted by Gasteiger charge is -2.05. The first-order valence-corrected chi connectivity index (χ1v) is 6.84. The molecular weight excluding hydrogens is 270 g/mol. The summed E-state index contributed by atoms with van der Waals surface area (Å²) in [6, 6.07) is 7.13. The highest BCUT2D eigenvalue weighted by molar-refractivity contribution is 7.19. The third kappa shape index (κ3) is 2.13. The molecule has 3 nitrogen and oxygen atoms in total. The Morgan fingerprint density at radius 2 is 2.11 bits per heavy atom. The van der Waals surface area contributed by atoms with Crippen molar-refractivity contribution in [2.75, 3.05) is 0 Å². The van der Waals surface area contributed by atoms with E-state index in [4.69, 9.17) is 16.7 Å². The van der Waals surface area contributed by atoms with Crippen molar-refractivity contribution in [2.45, 2.75) is 18.8 Å². The topological polar surface area (TPSA) is 50.2 Å². The number of carboxylic acids is 1. The van der Waals surface area contributed by atoms with Crippen molar-refractivity contribution in [3.8, 4) is 10.6 Å². The number of carbonyl (C=O) groups is 1. The van der Waals surface area contributed by atoms with E-state index < -0.39 is 5.97 Å². The highest BCUT2D eigenvalue weighted by Gasteiger charge is 2.30. The average Bonchev–Trinajstić information content (AvgIpc) is 3.11. The molecule has 0 aromatic carbocycles. The highest BCUT2D eigenvalue weighted by atomic mass is 35.5. The van der Waals surface area contributed by atoms with E-state index in [0.29, 0.717) is 21.5 Å². The van der Waals surface area contributed by atoms with Gasteiger partial charge >= 0.3 is 5.97 Å². The van der Waals surface area contributed by atoms with E-state index in [9.17, 15) is 4.79 Å². The number of nitrogens with zero attached hydrogens (tertiary/aromatic N) is 1. The molecule has 1 saturated carbocycles. The quantitative estimate of drug-likeness (QED) is 0.922. The van der Waals surface area contributed by atoms with Crippen LogP contribution in [0.2, 0.25) is 4.34 Å². The summed E-state index contributed by atoms with van der Waals surface area (Å²) < 4.78 is 0.710. The van der Waals surface area contributed by atoms with E-state index in [1.54, 1.807) is 12.1 Å². The molecule has 0 radical (unpaired) electrons. The van der Waals surface area contributed by atoms with E-state index in [0.717, 1.165) is 23.4 Å². The van der Waals surface area contributed by atoms with Gasteiger partial charge in [0, 0.05) is 5.92 Å². The standard InChI is InChI=1S/C13H10ClNO2S/c14-11-6-5-10(18-11)9-4-3-8(13(16)17)12(15-9)7-1-2-7/h3-7H,1-2H2,(H,16,17). The summed E-state index contributed by atoms with van der Waals surface area (Å²) >= 11 is 7.35. The van der Waals surface area contributed by atoms with E-state index in [1.165, 1.54) is 11.3 Å². The van der Waals surface area contributed by atoms with Gasteiger partial charge in [0.25, 0.3) is 0 Å². The number of thiophene rings is 1. The molecular formula is C13H10ClNO2S. The number of hydrogen-bond acceptors (Lipinski definition) is 3. The van der Waals surface area contributed by atoms with Gasteiger partial charge in [0.15, 0.2) is 0 Å². The molecule has 0 saturated heterocycles. The van der Waals surface area contributed by atoms with Crippen molar-refractivity contribution in [2.24, 2.45) is 0 Å². The third-order valence-corrected chi connectivity index (χ3v) is 4.20. The maximum Gasteiger partial charge on any atom is 0.337 e. The number of pyridine rings is 1. The highest BCUT2D eigenvalue weighted by Crippen LogP contribution is 2.42. The lowest BCUT2D eigenvalue weighted by molar-refractivity contribution is 0.0695. The van der Waals surface area contributed by atoms with Crippen LogP contribution in [0.25, 0.3) is 10.6 Å². The van der Waals surface area contributed by atoms with Gasteiger partial charge in [-0.1, -0.05) is 11.6 Å². The van der Waals surface area contributed by atoms with Crippen molar-refractivity contribution in [3.05, 3.63) is 39.9 Å². The molecule has 0 spiro atoms. The Kier molecular flexibility index (Phi) is 2.84. The first-order valence-electron chi connectivity index (χ1n) is 5.65. The Balaban J connectivity index is 2.07. The van der Waals surface area contributed by atoms with Crippen LogP contribution in [0, 0.1) is 0 Å². The van der Waals surface area contributed by atoms with Gasteiger partial charge in [-0.25, -0.2) is 4.79 Å². The summed E-state index contributed by atoms with van der Waals surface area (Å²) in [7, 11) is 0. The maximum atomic E-state index is 11.1. The molecule has 0 unspecified atom stereocenters. The largest absolute Gasteiger partial charge is 0.478 e. The molecule has 3 rings (SSSR count). The van der Waals surface area contributed by atoms with Crippen molar-refractivity contribution in [1.82, 2.24) is 4.98 Å². The number of hydrogen-bond donors (Lipinski definition) is 1. The summed E-state index contributed by atoms with van der Waals surface area (Å²) in [6.45, 7) is 0. The molecule has 0 atom stereocenters. The lowest BCUT2D eigenvalue weighted by Crippen LogP contribution is -2.04. The zero-order valence-electron chi connectivity index (χ0n) is 9.39. The molecule has 2 heterocycles. The van der Waals surface area contributed by atoms with Gasteiger partial charge in [0.1, 0.15) is 0 Å². The summed E-state index contributed by atoms with van der Waals surface area (Å²) in [6.07, 6.45) is 2.06. The summed E-state index contributed by atoms with van der Waals surface area (Å²) in [5, 5.41) is 9.15. The van der Waals surface area contributed by atoms with Gasteiger partial charge in [-0.2, -0.15) is 0 Å². The minimum Gasteiger partial charge on any atom is -0.478 e. The zero-order valence-corrected chi connectivity index (χ0v) is 11.0. The number of halogens is 1. The van der Waals surface area contributed by atoms with Crippen molar-refractivity contribution in [3.63, 3.8) is 0 Å². The molecule has 1 aliphatic rings. The third-order valence-electron chi connectivity index (χ3n) is 2.94. The fraction of sp³-hybridized carbons (Fsp3) is 0.231. The normalized spacial score (nSPS) is 14.7. The number of carboxylic acid groups (broad SMARTS) is 1. The molecule has 1 fully saturated rings. The molecule has 1 aliphatic carbocycles. The second-order valence-electron chi connectivity index (χ2n) is 4.31. The molecule has 2 aromatic rings.